The zero-order valence-corrected chi connectivity index (χ0v) is 20.8. The quantitative estimate of drug-likeness (QED) is 0.498. The molecule has 0 aromatic heterocycles. The molecule has 1 heterocycles. The molecule has 8 heteroatoms. The first-order valence-electron chi connectivity index (χ1n) is 10.9. The zero-order chi connectivity index (χ0) is 24.1. The third-order valence-corrected chi connectivity index (χ3v) is 6.19. The molecule has 0 radical (unpaired) electrons. The predicted octanol–water partition coefficient (Wildman–Crippen LogP) is 5.49. The monoisotopic (exact) mass is 489 g/mol. The van der Waals surface area contributed by atoms with E-state index < -0.39 is 0 Å². The Morgan fingerprint density at radius 2 is 1.85 bits per heavy atom. The van der Waals surface area contributed by atoms with Crippen LogP contribution >= 0.6 is 23.2 Å². The molecule has 33 heavy (non-hydrogen) atoms. The Morgan fingerprint density at radius 3 is 2.52 bits per heavy atom. The first-order chi connectivity index (χ1) is 15.7. The highest BCUT2D eigenvalue weighted by molar-refractivity contribution is 6.42. The van der Waals surface area contributed by atoms with E-state index in [0.717, 1.165) is 12.1 Å². The zero-order valence-electron chi connectivity index (χ0n) is 19.3. The van der Waals surface area contributed by atoms with Crippen LogP contribution in [-0.4, -0.2) is 48.5 Å². The molecule has 0 aliphatic carbocycles. The number of halogens is 2. The Kier molecular flexibility index (Phi) is 8.40. The van der Waals surface area contributed by atoms with Gasteiger partial charge in [-0.05, 0) is 69.7 Å². The molecular formula is C25H29Cl2N3O3. The largest absolute Gasteiger partial charge is 0.482 e. The summed E-state index contributed by atoms with van der Waals surface area (Å²) in [5, 5.41) is 3.72. The van der Waals surface area contributed by atoms with Crippen LogP contribution in [0.2, 0.25) is 10.0 Å². The number of amides is 2. The van der Waals surface area contributed by atoms with E-state index >= 15 is 0 Å². The Hall–Kier alpha value is -2.54. The number of hydrogen-bond donors (Lipinski definition) is 1. The highest BCUT2D eigenvalue weighted by Crippen LogP contribution is 2.34. The standard InChI is InChI=1S/C25H29Cl2N3O3/c1-16(2)29(17(3)4)11-12-30-22-14-19(7-9-23(22)33-15-25(30)32)28-24(31)10-6-18-5-8-20(26)21(27)13-18/h5-10,13-14,16-17H,11-12,15H2,1-4H3,(H,28,31). The number of rotatable bonds is 8. The summed E-state index contributed by atoms with van der Waals surface area (Å²) in [5.74, 6) is 0.221. The maximum atomic E-state index is 12.6. The van der Waals surface area contributed by atoms with E-state index in [1.807, 2.05) is 0 Å². The number of fused-ring (bicyclic) bond motifs is 1. The minimum absolute atomic E-state index is 0.00839. The lowest BCUT2D eigenvalue weighted by Gasteiger charge is -2.35. The van der Waals surface area contributed by atoms with Crippen LogP contribution in [0.5, 0.6) is 5.75 Å². The SMILES string of the molecule is CC(C)N(CCN1C(=O)COc2ccc(NC(=O)C=Cc3ccc(Cl)c(Cl)c3)cc21)C(C)C. The summed E-state index contributed by atoms with van der Waals surface area (Å²) in [6, 6.07) is 11.2. The van der Waals surface area contributed by atoms with E-state index in [4.69, 9.17) is 27.9 Å². The van der Waals surface area contributed by atoms with Gasteiger partial charge in [0.15, 0.2) is 6.61 Å². The van der Waals surface area contributed by atoms with Gasteiger partial charge in [0, 0.05) is 36.9 Å². The Balaban J connectivity index is 1.73. The van der Waals surface area contributed by atoms with Crippen molar-refractivity contribution in [2.45, 2.75) is 39.8 Å². The third kappa shape index (κ3) is 6.50. The van der Waals surface area contributed by atoms with Gasteiger partial charge in [0.2, 0.25) is 5.91 Å². The van der Waals surface area contributed by atoms with Crippen LogP contribution in [0.3, 0.4) is 0 Å². The third-order valence-electron chi connectivity index (χ3n) is 5.45. The van der Waals surface area contributed by atoms with Gasteiger partial charge in [0.1, 0.15) is 5.75 Å². The maximum Gasteiger partial charge on any atom is 0.265 e. The maximum absolute atomic E-state index is 12.6. The molecule has 0 saturated carbocycles. The summed E-state index contributed by atoms with van der Waals surface area (Å²) in [5.41, 5.74) is 1.99. The summed E-state index contributed by atoms with van der Waals surface area (Å²) >= 11 is 11.9. The van der Waals surface area contributed by atoms with Crippen LogP contribution in [-0.2, 0) is 9.59 Å². The fourth-order valence-corrected chi connectivity index (χ4v) is 4.13. The van der Waals surface area contributed by atoms with Crippen molar-refractivity contribution in [3.63, 3.8) is 0 Å². The summed E-state index contributed by atoms with van der Waals surface area (Å²) in [7, 11) is 0. The summed E-state index contributed by atoms with van der Waals surface area (Å²) in [6.45, 7) is 9.88. The minimum atomic E-state index is -0.304. The van der Waals surface area contributed by atoms with Crippen molar-refractivity contribution in [2.75, 3.05) is 29.9 Å². The molecule has 176 valence electrons. The average Bonchev–Trinajstić information content (AvgIpc) is 2.75. The first kappa shape index (κ1) is 25.1. The number of hydrogen-bond acceptors (Lipinski definition) is 4. The van der Waals surface area contributed by atoms with Crippen LogP contribution in [0, 0.1) is 0 Å². The molecule has 2 aromatic rings. The first-order valence-corrected chi connectivity index (χ1v) is 11.7. The van der Waals surface area contributed by atoms with Crippen molar-refractivity contribution in [3.8, 4) is 5.75 Å². The van der Waals surface area contributed by atoms with Crippen molar-refractivity contribution >= 4 is 52.5 Å². The second-order valence-corrected chi connectivity index (χ2v) is 9.25. The van der Waals surface area contributed by atoms with Gasteiger partial charge in [-0.25, -0.2) is 0 Å². The van der Waals surface area contributed by atoms with Crippen molar-refractivity contribution in [1.82, 2.24) is 4.90 Å². The predicted molar refractivity (Wildman–Crippen MR) is 135 cm³/mol. The fraction of sp³-hybridized carbons (Fsp3) is 0.360. The van der Waals surface area contributed by atoms with Gasteiger partial charge in [0.25, 0.3) is 5.91 Å². The molecule has 1 aliphatic heterocycles. The van der Waals surface area contributed by atoms with Gasteiger partial charge in [-0.15, -0.1) is 0 Å². The Bertz CT molecular complexity index is 1050. The molecule has 0 bridgehead atoms. The lowest BCUT2D eigenvalue weighted by Crippen LogP contribution is -2.46. The van der Waals surface area contributed by atoms with E-state index in [9.17, 15) is 9.59 Å². The molecule has 0 spiro atoms. The van der Waals surface area contributed by atoms with Crippen molar-refractivity contribution < 1.29 is 14.3 Å². The van der Waals surface area contributed by atoms with Crippen LogP contribution in [0.25, 0.3) is 6.08 Å². The van der Waals surface area contributed by atoms with E-state index in [1.54, 1.807) is 47.4 Å². The molecule has 0 fully saturated rings. The molecule has 0 unspecified atom stereocenters. The van der Waals surface area contributed by atoms with Crippen LogP contribution in [0.15, 0.2) is 42.5 Å². The Labute approximate surface area is 205 Å². The van der Waals surface area contributed by atoms with E-state index in [-0.39, 0.29) is 18.4 Å². The van der Waals surface area contributed by atoms with Gasteiger partial charge in [-0.3, -0.25) is 14.5 Å². The molecular weight excluding hydrogens is 461 g/mol. The highest BCUT2D eigenvalue weighted by Gasteiger charge is 2.27. The van der Waals surface area contributed by atoms with Crippen molar-refractivity contribution in [1.29, 1.82) is 0 Å². The van der Waals surface area contributed by atoms with Gasteiger partial charge in [-0.2, -0.15) is 0 Å². The molecule has 0 saturated heterocycles. The van der Waals surface area contributed by atoms with Crippen LogP contribution in [0.1, 0.15) is 33.3 Å². The molecule has 0 atom stereocenters. The molecule has 3 rings (SSSR count). The number of ether oxygens (including phenoxy) is 1. The van der Waals surface area contributed by atoms with E-state index in [2.05, 4.69) is 37.9 Å². The topological polar surface area (TPSA) is 61.9 Å². The number of benzene rings is 2. The lowest BCUT2D eigenvalue weighted by atomic mass is 10.2. The second kappa shape index (κ2) is 11.1. The van der Waals surface area contributed by atoms with Gasteiger partial charge in [-0.1, -0.05) is 29.3 Å². The van der Waals surface area contributed by atoms with E-state index in [1.165, 1.54) is 6.08 Å². The number of nitrogens with one attached hydrogen (secondary N) is 1. The number of anilines is 2. The normalized spacial score (nSPS) is 13.7. The van der Waals surface area contributed by atoms with Crippen molar-refractivity contribution in [2.24, 2.45) is 0 Å². The summed E-state index contributed by atoms with van der Waals surface area (Å²) < 4.78 is 5.60. The number of carbonyl (C=O) groups excluding carboxylic acids is 2. The minimum Gasteiger partial charge on any atom is -0.482 e. The molecule has 1 aliphatic rings. The van der Waals surface area contributed by atoms with Gasteiger partial charge < -0.3 is 15.0 Å². The molecule has 2 aromatic carbocycles. The summed E-state index contributed by atoms with van der Waals surface area (Å²) in [6.07, 6.45) is 3.07. The lowest BCUT2D eigenvalue weighted by molar-refractivity contribution is -0.121. The van der Waals surface area contributed by atoms with Crippen LogP contribution < -0.4 is 15.0 Å². The van der Waals surface area contributed by atoms with Crippen molar-refractivity contribution in [3.05, 3.63) is 58.1 Å². The smallest absolute Gasteiger partial charge is 0.265 e. The number of carbonyl (C=O) groups is 2. The average molecular weight is 490 g/mol. The van der Waals surface area contributed by atoms with E-state index in [0.29, 0.717) is 45.8 Å². The summed E-state index contributed by atoms with van der Waals surface area (Å²) in [4.78, 5) is 29.1. The fourth-order valence-electron chi connectivity index (χ4n) is 3.83. The Morgan fingerprint density at radius 1 is 1.12 bits per heavy atom. The molecule has 1 N–H and O–H groups in total. The van der Waals surface area contributed by atoms with Gasteiger partial charge >= 0.3 is 0 Å². The molecule has 6 nitrogen and oxygen atoms in total. The van der Waals surface area contributed by atoms with Crippen LogP contribution in [0.4, 0.5) is 11.4 Å². The highest BCUT2D eigenvalue weighted by atomic mass is 35.5. The molecule has 2 amide bonds. The second-order valence-electron chi connectivity index (χ2n) is 8.44. The van der Waals surface area contributed by atoms with Gasteiger partial charge in [0.05, 0.1) is 15.7 Å². The number of nitrogens with zero attached hydrogens (tertiary/aromatic N) is 2.